The van der Waals surface area contributed by atoms with Gasteiger partial charge in [0.15, 0.2) is 0 Å². The molecule has 3 rings (SSSR count). The zero-order chi connectivity index (χ0) is 23.4. The van der Waals surface area contributed by atoms with Crippen molar-refractivity contribution in [2.24, 2.45) is 0 Å². The maximum absolute atomic E-state index is 12.2. The number of carbonyl (C=O) groups is 1. The largest absolute Gasteiger partial charge is 0.489 e. The Morgan fingerprint density at radius 1 is 1.06 bits per heavy atom. The maximum Gasteiger partial charge on any atom is 0.407 e. The molecule has 0 bridgehead atoms. The molecule has 0 unspecified atom stereocenters. The van der Waals surface area contributed by atoms with E-state index in [1.807, 2.05) is 75.4 Å². The molecule has 1 heterocycles. The summed E-state index contributed by atoms with van der Waals surface area (Å²) in [6, 6.07) is 17.4. The Labute approximate surface area is 190 Å². The van der Waals surface area contributed by atoms with Crippen molar-refractivity contribution in [2.45, 2.75) is 51.4 Å². The summed E-state index contributed by atoms with van der Waals surface area (Å²) in [6.45, 7) is 6.57. The summed E-state index contributed by atoms with van der Waals surface area (Å²) in [5.74, 6) is 0.736. The lowest BCUT2D eigenvalue weighted by molar-refractivity contribution is 0.0523. The van der Waals surface area contributed by atoms with Crippen LogP contribution in [0.2, 0.25) is 0 Å². The minimum absolute atomic E-state index is 0.0713. The molecular weight excluding hydrogens is 428 g/mol. The van der Waals surface area contributed by atoms with Crippen molar-refractivity contribution < 1.29 is 22.7 Å². The van der Waals surface area contributed by atoms with Crippen molar-refractivity contribution in [3.05, 3.63) is 65.7 Å². The second-order valence-electron chi connectivity index (χ2n) is 9.16. The number of piperidine rings is 1. The Morgan fingerprint density at radius 2 is 1.72 bits per heavy atom. The number of hydrogen-bond acceptors (Lipinski definition) is 5. The fourth-order valence-corrected chi connectivity index (χ4v) is 4.59. The summed E-state index contributed by atoms with van der Waals surface area (Å²) >= 11 is 0. The number of nitrogens with one attached hydrogen (secondary N) is 1. The molecule has 1 saturated heterocycles. The summed E-state index contributed by atoms with van der Waals surface area (Å²) in [5.41, 5.74) is 1.48. The predicted octanol–water partition coefficient (Wildman–Crippen LogP) is 3.91. The molecule has 32 heavy (non-hydrogen) atoms. The average molecular weight is 461 g/mol. The Bertz CT molecular complexity index is 1000. The highest BCUT2D eigenvalue weighted by molar-refractivity contribution is 7.88. The minimum atomic E-state index is -3.33. The van der Waals surface area contributed by atoms with Crippen molar-refractivity contribution in [1.82, 2.24) is 9.62 Å². The number of hydrogen-bond donors (Lipinski definition) is 1. The van der Waals surface area contributed by atoms with Gasteiger partial charge in [0.25, 0.3) is 0 Å². The molecule has 1 aliphatic rings. The van der Waals surface area contributed by atoms with E-state index in [1.165, 1.54) is 10.6 Å². The standard InChI is InChI=1S/C24H32N2O5S/c1-24(2,3)31-23(27)25-15-18-10-12-21(13-11-18)30-22-14-20(19-8-6-5-7-9-19)16-26(17-22)32(4,28)29/h5-13,20,22H,14-17H2,1-4H3,(H,25,27)/t20-,22+/m0/s1. The van der Waals surface area contributed by atoms with Crippen molar-refractivity contribution in [3.63, 3.8) is 0 Å². The first-order valence-electron chi connectivity index (χ1n) is 10.7. The second-order valence-corrected chi connectivity index (χ2v) is 11.1. The van der Waals surface area contributed by atoms with E-state index < -0.39 is 21.7 Å². The van der Waals surface area contributed by atoms with Crippen LogP contribution in [0.25, 0.3) is 0 Å². The summed E-state index contributed by atoms with van der Waals surface area (Å²) < 4.78 is 37.4. The van der Waals surface area contributed by atoms with E-state index in [-0.39, 0.29) is 12.0 Å². The van der Waals surface area contributed by atoms with E-state index in [2.05, 4.69) is 5.32 Å². The van der Waals surface area contributed by atoms with Crippen LogP contribution in [0.5, 0.6) is 5.75 Å². The van der Waals surface area contributed by atoms with Crippen LogP contribution < -0.4 is 10.1 Å². The van der Waals surface area contributed by atoms with Crippen LogP contribution in [0.1, 0.15) is 44.2 Å². The van der Waals surface area contributed by atoms with E-state index in [1.54, 1.807) is 0 Å². The number of sulfonamides is 1. The predicted molar refractivity (Wildman–Crippen MR) is 124 cm³/mol. The van der Waals surface area contributed by atoms with Gasteiger partial charge in [-0.15, -0.1) is 0 Å². The van der Waals surface area contributed by atoms with Crippen molar-refractivity contribution in [1.29, 1.82) is 0 Å². The molecule has 1 amide bonds. The van der Waals surface area contributed by atoms with Gasteiger partial charge in [0, 0.05) is 19.0 Å². The Kier molecular flexibility index (Phi) is 7.46. The summed E-state index contributed by atoms with van der Waals surface area (Å²) in [6.07, 6.45) is 1.25. The van der Waals surface area contributed by atoms with E-state index in [9.17, 15) is 13.2 Å². The number of amides is 1. The van der Waals surface area contributed by atoms with Crippen molar-refractivity contribution >= 4 is 16.1 Å². The number of rotatable bonds is 6. The van der Waals surface area contributed by atoms with Gasteiger partial charge in [-0.05, 0) is 50.5 Å². The van der Waals surface area contributed by atoms with E-state index in [4.69, 9.17) is 9.47 Å². The lowest BCUT2D eigenvalue weighted by Crippen LogP contribution is -2.47. The van der Waals surface area contributed by atoms with Crippen LogP contribution >= 0.6 is 0 Å². The van der Waals surface area contributed by atoms with Crippen LogP contribution in [-0.4, -0.2) is 49.9 Å². The van der Waals surface area contributed by atoms with Gasteiger partial charge >= 0.3 is 6.09 Å². The van der Waals surface area contributed by atoms with Gasteiger partial charge in [0.2, 0.25) is 10.0 Å². The smallest absolute Gasteiger partial charge is 0.407 e. The molecule has 8 heteroatoms. The SMILES string of the molecule is CC(C)(C)OC(=O)NCc1ccc(O[C@@H]2C[C@H](c3ccccc3)CN(S(C)(=O)=O)C2)cc1. The molecule has 2 aromatic carbocycles. The molecule has 0 radical (unpaired) electrons. The van der Waals surface area contributed by atoms with Crippen molar-refractivity contribution in [3.8, 4) is 5.75 Å². The zero-order valence-corrected chi connectivity index (χ0v) is 19.9. The Balaban J connectivity index is 1.63. The van der Waals surface area contributed by atoms with E-state index in [0.29, 0.717) is 25.4 Å². The summed E-state index contributed by atoms with van der Waals surface area (Å²) in [4.78, 5) is 11.8. The first-order valence-corrected chi connectivity index (χ1v) is 12.6. The lowest BCUT2D eigenvalue weighted by Gasteiger charge is -2.36. The highest BCUT2D eigenvalue weighted by atomic mass is 32.2. The molecule has 2 aromatic rings. The first-order chi connectivity index (χ1) is 15.0. The fraction of sp³-hybridized carbons (Fsp3) is 0.458. The topological polar surface area (TPSA) is 84.9 Å². The molecule has 0 aromatic heterocycles. The minimum Gasteiger partial charge on any atom is -0.489 e. The maximum atomic E-state index is 12.2. The van der Waals surface area contributed by atoms with Gasteiger partial charge in [-0.1, -0.05) is 42.5 Å². The molecule has 174 valence electrons. The number of ether oxygens (including phenoxy) is 2. The van der Waals surface area contributed by atoms with Gasteiger partial charge in [-0.25, -0.2) is 13.2 Å². The molecular formula is C24H32N2O5S. The van der Waals surface area contributed by atoms with Gasteiger partial charge in [-0.2, -0.15) is 4.31 Å². The molecule has 0 saturated carbocycles. The number of nitrogens with zero attached hydrogens (tertiary/aromatic N) is 1. The quantitative estimate of drug-likeness (QED) is 0.707. The third kappa shape index (κ3) is 7.24. The van der Waals surface area contributed by atoms with Crippen LogP contribution in [0.3, 0.4) is 0 Å². The van der Waals surface area contributed by atoms with Crippen LogP contribution in [0.15, 0.2) is 54.6 Å². The highest BCUT2D eigenvalue weighted by Crippen LogP contribution is 2.30. The summed E-state index contributed by atoms with van der Waals surface area (Å²) in [5, 5.41) is 2.73. The van der Waals surface area contributed by atoms with Crippen LogP contribution in [-0.2, 0) is 21.3 Å². The molecule has 0 aliphatic carbocycles. The third-order valence-corrected chi connectivity index (χ3v) is 6.42. The normalized spacial score (nSPS) is 19.9. The number of alkyl carbamates (subject to hydrolysis) is 1. The fourth-order valence-electron chi connectivity index (χ4n) is 3.70. The first kappa shape index (κ1) is 24.1. The molecule has 1 N–H and O–H groups in total. The van der Waals surface area contributed by atoms with E-state index in [0.717, 1.165) is 17.5 Å². The van der Waals surface area contributed by atoms with Gasteiger partial charge in [0.05, 0.1) is 12.8 Å². The van der Waals surface area contributed by atoms with Gasteiger partial charge in [-0.3, -0.25) is 0 Å². The zero-order valence-electron chi connectivity index (χ0n) is 19.1. The summed E-state index contributed by atoms with van der Waals surface area (Å²) in [7, 11) is -3.33. The lowest BCUT2D eigenvalue weighted by atomic mass is 9.90. The Morgan fingerprint density at radius 3 is 2.31 bits per heavy atom. The average Bonchev–Trinajstić information content (AvgIpc) is 2.72. The van der Waals surface area contributed by atoms with Crippen LogP contribution in [0.4, 0.5) is 4.79 Å². The monoisotopic (exact) mass is 460 g/mol. The number of benzene rings is 2. The van der Waals surface area contributed by atoms with Crippen LogP contribution in [0, 0.1) is 0 Å². The van der Waals surface area contributed by atoms with Gasteiger partial charge < -0.3 is 14.8 Å². The number of carbonyl (C=O) groups excluding carboxylic acids is 1. The Hall–Kier alpha value is -2.58. The van der Waals surface area contributed by atoms with E-state index >= 15 is 0 Å². The second kappa shape index (κ2) is 9.92. The molecule has 0 spiro atoms. The molecule has 1 fully saturated rings. The van der Waals surface area contributed by atoms with Crippen molar-refractivity contribution in [2.75, 3.05) is 19.3 Å². The third-order valence-electron chi connectivity index (χ3n) is 5.18. The molecule has 7 nitrogen and oxygen atoms in total. The molecule has 2 atom stereocenters. The van der Waals surface area contributed by atoms with Gasteiger partial charge in [0.1, 0.15) is 17.5 Å². The highest BCUT2D eigenvalue weighted by Gasteiger charge is 2.33. The molecule has 1 aliphatic heterocycles.